The van der Waals surface area contributed by atoms with E-state index in [4.69, 9.17) is 5.26 Å². The molecule has 2 aromatic heterocycles. The van der Waals surface area contributed by atoms with Gasteiger partial charge in [0.2, 0.25) is 5.91 Å². The van der Waals surface area contributed by atoms with E-state index in [9.17, 15) is 4.79 Å². The fraction of sp³-hybridized carbons (Fsp3) is 0.304. The summed E-state index contributed by atoms with van der Waals surface area (Å²) >= 11 is 1.35. The van der Waals surface area contributed by atoms with Gasteiger partial charge in [-0.2, -0.15) is 9.64 Å². The summed E-state index contributed by atoms with van der Waals surface area (Å²) in [5, 5.41) is 15.7. The van der Waals surface area contributed by atoms with E-state index in [0.717, 1.165) is 32.9 Å². The lowest BCUT2D eigenvalue weighted by molar-refractivity contribution is -0.121. The van der Waals surface area contributed by atoms with Crippen molar-refractivity contribution in [3.8, 4) is 28.3 Å². The van der Waals surface area contributed by atoms with Crippen LogP contribution in [0.25, 0.3) is 22.3 Å². The van der Waals surface area contributed by atoms with Crippen LogP contribution in [0.15, 0.2) is 48.8 Å². The topological polar surface area (TPSA) is 90.7 Å². The van der Waals surface area contributed by atoms with Crippen LogP contribution in [0.1, 0.15) is 26.0 Å². The third-order valence-corrected chi connectivity index (χ3v) is 5.59. The molecule has 6 nitrogen and oxygen atoms in total. The van der Waals surface area contributed by atoms with E-state index in [1.807, 2.05) is 25.1 Å². The second kappa shape index (κ2) is 9.99. The number of pyridine rings is 1. The number of carbonyl (C=O) groups excluding carboxylic acids is 1. The number of amides is 1. The van der Waals surface area contributed by atoms with E-state index >= 15 is 0 Å². The molecule has 30 heavy (non-hydrogen) atoms. The Labute approximate surface area is 181 Å². The maximum atomic E-state index is 12.6. The Bertz CT molecular complexity index is 1020. The Morgan fingerprint density at radius 3 is 2.37 bits per heavy atom. The van der Waals surface area contributed by atoms with E-state index < -0.39 is 6.04 Å². The van der Waals surface area contributed by atoms with Crippen molar-refractivity contribution in [1.82, 2.24) is 14.7 Å². The van der Waals surface area contributed by atoms with Crippen LogP contribution in [-0.4, -0.2) is 27.9 Å². The molecule has 2 N–H and O–H groups in total. The van der Waals surface area contributed by atoms with Gasteiger partial charge in [-0.3, -0.25) is 9.78 Å². The number of aryl methyl sites for hydroxylation is 1. The number of carbonyl (C=O) groups is 1. The van der Waals surface area contributed by atoms with Gasteiger partial charge < -0.3 is 10.6 Å². The molecular weight excluding hydrogens is 394 g/mol. The highest BCUT2D eigenvalue weighted by molar-refractivity contribution is 7.11. The molecule has 0 aliphatic rings. The number of hydrogen-bond acceptors (Lipinski definition) is 6. The Morgan fingerprint density at radius 1 is 1.10 bits per heavy atom. The first-order valence-corrected chi connectivity index (χ1v) is 10.6. The number of aromatic nitrogens is 2. The minimum atomic E-state index is -0.423. The third-order valence-electron chi connectivity index (χ3n) is 4.72. The highest BCUT2D eigenvalue weighted by Crippen LogP contribution is 2.36. The predicted molar refractivity (Wildman–Crippen MR) is 121 cm³/mol. The molecule has 0 spiro atoms. The molecule has 1 aromatic carbocycles. The number of nitriles is 1. The van der Waals surface area contributed by atoms with E-state index in [1.54, 1.807) is 12.4 Å². The molecule has 0 radical (unpaired) electrons. The summed E-state index contributed by atoms with van der Waals surface area (Å²) in [7, 11) is 0. The lowest BCUT2D eigenvalue weighted by Gasteiger charge is -2.20. The maximum absolute atomic E-state index is 12.6. The fourth-order valence-corrected chi connectivity index (χ4v) is 4.16. The van der Waals surface area contributed by atoms with Gasteiger partial charge in [-0.1, -0.05) is 38.1 Å². The zero-order valence-electron chi connectivity index (χ0n) is 17.3. The Kier molecular flexibility index (Phi) is 7.15. The summed E-state index contributed by atoms with van der Waals surface area (Å²) < 4.78 is 4.51. The standard InChI is InChI=1S/C23H25N5OS/c1-15(2)14-20(22(29)26-13-10-24)27-23-21(16(3)28-30-23)19-6-4-17(5-7-19)18-8-11-25-12-9-18/h4-9,11-12,15,20,27H,13-14H2,1-3H3,(H,26,29)/t20-/m0/s1. The zero-order valence-corrected chi connectivity index (χ0v) is 18.2. The average Bonchev–Trinajstić information content (AvgIpc) is 3.12. The average molecular weight is 420 g/mol. The Balaban J connectivity index is 1.86. The molecule has 3 aromatic rings. The number of rotatable bonds is 8. The first kappa shape index (κ1) is 21.5. The van der Waals surface area contributed by atoms with Gasteiger partial charge in [0.25, 0.3) is 0 Å². The highest BCUT2D eigenvalue weighted by atomic mass is 32.1. The van der Waals surface area contributed by atoms with Crippen molar-refractivity contribution in [2.75, 3.05) is 11.9 Å². The molecule has 0 saturated carbocycles. The lowest BCUT2D eigenvalue weighted by Crippen LogP contribution is -2.40. The first-order valence-electron chi connectivity index (χ1n) is 9.88. The van der Waals surface area contributed by atoms with Gasteiger partial charge in [-0.25, -0.2) is 0 Å². The van der Waals surface area contributed by atoms with Crippen molar-refractivity contribution in [2.24, 2.45) is 5.92 Å². The number of hydrogen-bond donors (Lipinski definition) is 2. The van der Waals surface area contributed by atoms with Crippen LogP contribution in [0.2, 0.25) is 0 Å². The van der Waals surface area contributed by atoms with Crippen molar-refractivity contribution >= 4 is 22.4 Å². The van der Waals surface area contributed by atoms with Gasteiger partial charge in [-0.15, -0.1) is 0 Å². The van der Waals surface area contributed by atoms with E-state index in [0.29, 0.717) is 12.3 Å². The van der Waals surface area contributed by atoms with Gasteiger partial charge in [0.05, 0.1) is 11.8 Å². The summed E-state index contributed by atoms with van der Waals surface area (Å²) in [6, 6.07) is 13.8. The molecule has 3 rings (SSSR count). The lowest BCUT2D eigenvalue weighted by atomic mass is 10.00. The first-order chi connectivity index (χ1) is 14.5. The molecule has 0 aliphatic heterocycles. The molecular formula is C23H25N5OS. The van der Waals surface area contributed by atoms with Crippen molar-refractivity contribution in [1.29, 1.82) is 5.26 Å². The van der Waals surface area contributed by atoms with Crippen LogP contribution in [-0.2, 0) is 4.79 Å². The molecule has 1 amide bonds. The normalized spacial score (nSPS) is 11.7. The summed E-state index contributed by atoms with van der Waals surface area (Å²) in [4.78, 5) is 16.6. The second-order valence-corrected chi connectivity index (χ2v) is 8.26. The van der Waals surface area contributed by atoms with Crippen LogP contribution in [0.5, 0.6) is 0 Å². The number of nitrogens with zero attached hydrogens (tertiary/aromatic N) is 3. The fourth-order valence-electron chi connectivity index (χ4n) is 3.29. The summed E-state index contributed by atoms with van der Waals surface area (Å²) in [5.41, 5.74) is 5.19. The molecule has 0 bridgehead atoms. The van der Waals surface area contributed by atoms with Crippen LogP contribution < -0.4 is 10.6 Å². The maximum Gasteiger partial charge on any atom is 0.243 e. The van der Waals surface area contributed by atoms with Crippen LogP contribution in [0.4, 0.5) is 5.00 Å². The van der Waals surface area contributed by atoms with E-state index in [2.05, 4.69) is 58.1 Å². The smallest absolute Gasteiger partial charge is 0.243 e. The van der Waals surface area contributed by atoms with Crippen LogP contribution >= 0.6 is 11.5 Å². The number of benzene rings is 1. The number of nitrogens with one attached hydrogen (secondary N) is 2. The number of anilines is 1. The van der Waals surface area contributed by atoms with Crippen LogP contribution in [0, 0.1) is 24.2 Å². The SMILES string of the molecule is Cc1nsc(N[C@@H](CC(C)C)C(=O)NCC#N)c1-c1ccc(-c2ccncc2)cc1. The summed E-state index contributed by atoms with van der Waals surface area (Å²) in [6.07, 6.45) is 4.23. The van der Waals surface area contributed by atoms with E-state index in [-0.39, 0.29) is 12.5 Å². The molecule has 2 heterocycles. The van der Waals surface area contributed by atoms with Gasteiger partial charge in [-0.05, 0) is 59.6 Å². The van der Waals surface area contributed by atoms with Crippen molar-refractivity contribution < 1.29 is 4.79 Å². The molecule has 154 valence electrons. The molecule has 0 saturated heterocycles. The van der Waals surface area contributed by atoms with Gasteiger partial charge in [0, 0.05) is 18.0 Å². The van der Waals surface area contributed by atoms with Crippen molar-refractivity contribution in [3.63, 3.8) is 0 Å². The Hall–Kier alpha value is -3.24. The minimum Gasteiger partial charge on any atom is -0.364 e. The summed E-state index contributed by atoms with van der Waals surface area (Å²) in [5.74, 6) is 0.155. The predicted octanol–water partition coefficient (Wildman–Crippen LogP) is 4.65. The molecule has 1 atom stereocenters. The minimum absolute atomic E-state index is 0.000151. The zero-order chi connectivity index (χ0) is 21.5. The molecule has 0 fully saturated rings. The molecule has 7 heteroatoms. The summed E-state index contributed by atoms with van der Waals surface area (Å²) in [6.45, 7) is 6.12. The van der Waals surface area contributed by atoms with E-state index in [1.165, 1.54) is 11.5 Å². The molecule has 0 aliphatic carbocycles. The van der Waals surface area contributed by atoms with Crippen molar-refractivity contribution in [2.45, 2.75) is 33.2 Å². The monoisotopic (exact) mass is 419 g/mol. The largest absolute Gasteiger partial charge is 0.364 e. The Morgan fingerprint density at radius 2 is 1.73 bits per heavy atom. The van der Waals surface area contributed by atoms with Gasteiger partial charge in [0.1, 0.15) is 17.6 Å². The highest BCUT2D eigenvalue weighted by Gasteiger charge is 2.23. The van der Waals surface area contributed by atoms with Crippen molar-refractivity contribution in [3.05, 3.63) is 54.5 Å². The van der Waals surface area contributed by atoms with Gasteiger partial charge in [0.15, 0.2) is 0 Å². The quantitative estimate of drug-likeness (QED) is 0.519. The second-order valence-electron chi connectivity index (χ2n) is 7.49. The third kappa shape index (κ3) is 5.22. The van der Waals surface area contributed by atoms with Crippen LogP contribution in [0.3, 0.4) is 0 Å². The molecule has 0 unspecified atom stereocenters. The van der Waals surface area contributed by atoms with Gasteiger partial charge >= 0.3 is 0 Å².